The van der Waals surface area contributed by atoms with Gasteiger partial charge in [-0.2, -0.15) is 0 Å². The van der Waals surface area contributed by atoms with Crippen molar-refractivity contribution in [2.24, 2.45) is 0 Å². The highest BCUT2D eigenvalue weighted by molar-refractivity contribution is 5.78. The fourth-order valence-corrected chi connectivity index (χ4v) is 2.62. The third-order valence-electron chi connectivity index (χ3n) is 3.87. The molecule has 1 heterocycles. The Balaban J connectivity index is 1.71. The first kappa shape index (κ1) is 17.2. The quantitative estimate of drug-likeness (QED) is 0.873. The molecule has 1 aliphatic heterocycles. The molecule has 2 amide bonds. The maximum atomic E-state index is 13.4. The van der Waals surface area contributed by atoms with Crippen molar-refractivity contribution in [1.29, 1.82) is 0 Å². The zero-order valence-electron chi connectivity index (χ0n) is 13.4. The molecule has 0 atom stereocenters. The second-order valence-corrected chi connectivity index (χ2v) is 5.69. The van der Waals surface area contributed by atoms with Gasteiger partial charge in [-0.1, -0.05) is 19.1 Å². The van der Waals surface area contributed by atoms with E-state index in [1.807, 2.05) is 11.8 Å². The van der Waals surface area contributed by atoms with Crippen LogP contribution in [0.4, 0.5) is 4.39 Å². The monoisotopic (exact) mass is 322 g/mol. The maximum absolute atomic E-state index is 13.4. The first-order valence-corrected chi connectivity index (χ1v) is 8.04. The zero-order valence-corrected chi connectivity index (χ0v) is 13.4. The van der Waals surface area contributed by atoms with Gasteiger partial charge in [0.05, 0.1) is 0 Å². The molecule has 1 fully saturated rings. The van der Waals surface area contributed by atoms with E-state index in [1.54, 1.807) is 12.1 Å². The van der Waals surface area contributed by atoms with Crippen LogP contribution in [0.2, 0.25) is 0 Å². The molecule has 1 aliphatic rings. The Morgan fingerprint density at radius 1 is 1.30 bits per heavy atom. The summed E-state index contributed by atoms with van der Waals surface area (Å²) in [6.45, 7) is 3.10. The Kier molecular flexibility index (Phi) is 6.38. The number of hydrogen-bond donors (Lipinski definition) is 1. The van der Waals surface area contributed by atoms with Crippen molar-refractivity contribution >= 4 is 11.8 Å². The zero-order chi connectivity index (χ0) is 16.7. The summed E-state index contributed by atoms with van der Waals surface area (Å²) < 4.78 is 18.6. The first-order valence-electron chi connectivity index (χ1n) is 8.04. The second-order valence-electron chi connectivity index (χ2n) is 5.69. The molecule has 0 aliphatic carbocycles. The van der Waals surface area contributed by atoms with Gasteiger partial charge in [0, 0.05) is 25.6 Å². The normalized spacial score (nSPS) is 15.3. The molecule has 126 valence electrons. The number of nitrogens with one attached hydrogen (secondary N) is 1. The minimum absolute atomic E-state index is 0.0393. The average Bonchev–Trinajstić information content (AvgIpc) is 2.55. The predicted octanol–water partition coefficient (Wildman–Crippen LogP) is 2.11. The summed E-state index contributed by atoms with van der Waals surface area (Å²) in [5.74, 6) is -0.502. The number of halogens is 1. The summed E-state index contributed by atoms with van der Waals surface area (Å²) >= 11 is 0. The van der Waals surface area contributed by atoms with Gasteiger partial charge in [-0.15, -0.1) is 0 Å². The van der Waals surface area contributed by atoms with Crippen molar-refractivity contribution in [3.05, 3.63) is 30.1 Å². The van der Waals surface area contributed by atoms with E-state index < -0.39 is 5.82 Å². The smallest absolute Gasteiger partial charge is 0.258 e. The van der Waals surface area contributed by atoms with Crippen LogP contribution < -0.4 is 10.1 Å². The fraction of sp³-hybridized carbons (Fsp3) is 0.529. The van der Waals surface area contributed by atoms with Gasteiger partial charge in [0.1, 0.15) is 0 Å². The number of carbonyl (C=O) groups excluding carboxylic acids is 2. The fourth-order valence-electron chi connectivity index (χ4n) is 2.62. The van der Waals surface area contributed by atoms with Crippen molar-refractivity contribution in [3.8, 4) is 5.75 Å². The number of carbonyl (C=O) groups is 2. The highest BCUT2D eigenvalue weighted by atomic mass is 19.1. The molecule has 1 aromatic carbocycles. The van der Waals surface area contributed by atoms with E-state index in [9.17, 15) is 14.0 Å². The lowest BCUT2D eigenvalue weighted by Crippen LogP contribution is -2.47. The molecule has 6 heteroatoms. The maximum Gasteiger partial charge on any atom is 0.258 e. The molecule has 0 saturated carbocycles. The summed E-state index contributed by atoms with van der Waals surface area (Å²) in [6, 6.07) is 6.03. The van der Waals surface area contributed by atoms with Gasteiger partial charge in [0.25, 0.3) is 5.91 Å². The molecular formula is C17H23FN2O3. The number of amides is 2. The minimum atomic E-state index is -0.483. The van der Waals surface area contributed by atoms with Crippen molar-refractivity contribution in [3.63, 3.8) is 0 Å². The van der Waals surface area contributed by atoms with Crippen molar-refractivity contribution in [2.75, 3.05) is 19.7 Å². The third-order valence-corrected chi connectivity index (χ3v) is 3.87. The Morgan fingerprint density at radius 2 is 2.00 bits per heavy atom. The standard InChI is InChI=1S/C17H23FN2O3/c1-2-5-17(22)20-10-8-13(9-11-20)19-16(21)12-23-15-7-4-3-6-14(15)18/h3-4,6-7,13H,2,5,8-12H2,1H3,(H,19,21). The summed E-state index contributed by atoms with van der Waals surface area (Å²) in [5, 5.41) is 2.88. The van der Waals surface area contributed by atoms with E-state index in [2.05, 4.69) is 5.32 Å². The van der Waals surface area contributed by atoms with Crippen LogP contribution >= 0.6 is 0 Å². The van der Waals surface area contributed by atoms with Gasteiger partial charge in [0.2, 0.25) is 5.91 Å². The van der Waals surface area contributed by atoms with Crippen LogP contribution in [0.25, 0.3) is 0 Å². The number of ether oxygens (including phenoxy) is 1. The second kappa shape index (κ2) is 8.50. The molecule has 0 unspecified atom stereocenters. The largest absolute Gasteiger partial charge is 0.481 e. The molecule has 0 aromatic heterocycles. The van der Waals surface area contributed by atoms with Gasteiger partial charge in [-0.3, -0.25) is 9.59 Å². The number of benzene rings is 1. The van der Waals surface area contributed by atoms with Gasteiger partial charge >= 0.3 is 0 Å². The molecule has 1 N–H and O–H groups in total. The SMILES string of the molecule is CCCC(=O)N1CCC(NC(=O)COc2ccccc2F)CC1. The number of rotatable bonds is 6. The molecule has 1 aromatic rings. The molecule has 0 radical (unpaired) electrons. The van der Waals surface area contributed by atoms with Gasteiger partial charge in [-0.25, -0.2) is 4.39 Å². The average molecular weight is 322 g/mol. The lowest BCUT2D eigenvalue weighted by atomic mass is 10.0. The van der Waals surface area contributed by atoms with Crippen LogP contribution in [-0.4, -0.2) is 42.5 Å². The minimum Gasteiger partial charge on any atom is -0.481 e. The molecule has 23 heavy (non-hydrogen) atoms. The van der Waals surface area contributed by atoms with Crippen molar-refractivity contribution in [1.82, 2.24) is 10.2 Å². The Labute approximate surface area is 135 Å². The predicted molar refractivity (Wildman–Crippen MR) is 84.5 cm³/mol. The Morgan fingerprint density at radius 3 is 2.65 bits per heavy atom. The van der Waals surface area contributed by atoms with E-state index in [4.69, 9.17) is 4.74 Å². The number of likely N-dealkylation sites (tertiary alicyclic amines) is 1. The Bertz CT molecular complexity index is 542. The summed E-state index contributed by atoms with van der Waals surface area (Å²) in [6.07, 6.45) is 2.90. The highest BCUT2D eigenvalue weighted by Gasteiger charge is 2.23. The van der Waals surface area contributed by atoms with E-state index in [1.165, 1.54) is 12.1 Å². The topological polar surface area (TPSA) is 58.6 Å². The van der Waals surface area contributed by atoms with Crippen LogP contribution in [0.3, 0.4) is 0 Å². The lowest BCUT2D eigenvalue weighted by Gasteiger charge is -2.32. The summed E-state index contributed by atoms with van der Waals surface area (Å²) in [5.41, 5.74) is 0. The molecule has 0 spiro atoms. The summed E-state index contributed by atoms with van der Waals surface area (Å²) in [7, 11) is 0. The van der Waals surface area contributed by atoms with Crippen molar-refractivity contribution in [2.45, 2.75) is 38.6 Å². The van der Waals surface area contributed by atoms with E-state index >= 15 is 0 Å². The van der Waals surface area contributed by atoms with Gasteiger partial charge in [0.15, 0.2) is 18.2 Å². The molecule has 5 nitrogen and oxygen atoms in total. The number of nitrogens with zero attached hydrogens (tertiary/aromatic N) is 1. The van der Waals surface area contributed by atoms with Crippen LogP contribution in [0.5, 0.6) is 5.75 Å². The first-order chi connectivity index (χ1) is 11.1. The molecule has 0 bridgehead atoms. The van der Waals surface area contributed by atoms with Crippen LogP contribution in [0.15, 0.2) is 24.3 Å². The Hall–Kier alpha value is -2.11. The van der Waals surface area contributed by atoms with Crippen LogP contribution in [-0.2, 0) is 9.59 Å². The van der Waals surface area contributed by atoms with Gasteiger partial charge < -0.3 is 15.0 Å². The number of hydrogen-bond acceptors (Lipinski definition) is 3. The van der Waals surface area contributed by atoms with E-state index in [0.29, 0.717) is 19.5 Å². The van der Waals surface area contributed by atoms with E-state index in [-0.39, 0.29) is 30.2 Å². The van der Waals surface area contributed by atoms with Gasteiger partial charge in [-0.05, 0) is 31.4 Å². The molecular weight excluding hydrogens is 299 g/mol. The van der Waals surface area contributed by atoms with Crippen molar-refractivity contribution < 1.29 is 18.7 Å². The van der Waals surface area contributed by atoms with Crippen LogP contribution in [0, 0.1) is 5.82 Å². The molecule has 2 rings (SSSR count). The summed E-state index contributed by atoms with van der Waals surface area (Å²) in [4.78, 5) is 25.5. The third kappa shape index (κ3) is 5.23. The lowest BCUT2D eigenvalue weighted by molar-refractivity contribution is -0.132. The molecule has 1 saturated heterocycles. The highest BCUT2D eigenvalue weighted by Crippen LogP contribution is 2.15. The number of para-hydroxylation sites is 1. The number of piperidine rings is 1. The van der Waals surface area contributed by atoms with Crippen LogP contribution in [0.1, 0.15) is 32.6 Å². The van der Waals surface area contributed by atoms with E-state index in [0.717, 1.165) is 19.3 Å².